The van der Waals surface area contributed by atoms with Crippen molar-refractivity contribution in [3.8, 4) is 17.5 Å². The summed E-state index contributed by atoms with van der Waals surface area (Å²) in [6.45, 7) is 1.78. The summed E-state index contributed by atoms with van der Waals surface area (Å²) in [6, 6.07) is 8.94. The van der Waals surface area contributed by atoms with Gasteiger partial charge in [0.05, 0.1) is 7.11 Å². The summed E-state index contributed by atoms with van der Waals surface area (Å²) in [6.07, 6.45) is 0. The Balaban J connectivity index is 2.35. The Morgan fingerprint density at radius 1 is 1.21 bits per heavy atom. The molecule has 6 heteroatoms. The molecule has 2 rings (SSSR count). The number of nitrogen functional groups attached to an aromatic ring is 1. The van der Waals surface area contributed by atoms with Crippen molar-refractivity contribution in [2.24, 2.45) is 5.73 Å². The van der Waals surface area contributed by atoms with Crippen molar-refractivity contribution in [1.29, 1.82) is 5.41 Å². The number of ether oxygens (including phenoxy) is 2. The highest BCUT2D eigenvalue weighted by molar-refractivity contribution is 5.93. The predicted octanol–water partition coefficient (Wildman–Crippen LogP) is 1.87. The van der Waals surface area contributed by atoms with Crippen molar-refractivity contribution in [3.05, 3.63) is 41.7 Å². The number of nitrogens with one attached hydrogen (secondary N) is 1. The molecule has 0 aliphatic carbocycles. The maximum absolute atomic E-state index is 7.39. The van der Waals surface area contributed by atoms with Crippen LogP contribution in [0, 0.1) is 12.3 Å². The van der Waals surface area contributed by atoms with Crippen LogP contribution in [0.25, 0.3) is 0 Å². The largest absolute Gasteiger partial charge is 0.493 e. The van der Waals surface area contributed by atoms with Crippen molar-refractivity contribution < 1.29 is 9.47 Å². The first-order valence-corrected chi connectivity index (χ1v) is 5.61. The Labute approximate surface area is 110 Å². The Bertz CT molecular complexity index is 613. The minimum atomic E-state index is -0.129. The fourth-order valence-electron chi connectivity index (χ4n) is 1.53. The number of methoxy groups -OCH3 is 1. The lowest BCUT2D eigenvalue weighted by Crippen LogP contribution is -2.14. The van der Waals surface area contributed by atoms with Crippen molar-refractivity contribution in [3.63, 3.8) is 0 Å². The van der Waals surface area contributed by atoms with Crippen LogP contribution in [0.15, 0.2) is 30.3 Å². The Kier molecular flexibility index (Phi) is 3.61. The van der Waals surface area contributed by atoms with Crippen molar-refractivity contribution in [2.45, 2.75) is 6.92 Å². The second-order valence-electron chi connectivity index (χ2n) is 3.84. The zero-order valence-corrected chi connectivity index (χ0v) is 10.7. The van der Waals surface area contributed by atoms with E-state index in [4.69, 9.17) is 20.6 Å². The van der Waals surface area contributed by atoms with Gasteiger partial charge in [-0.3, -0.25) is 5.41 Å². The van der Waals surface area contributed by atoms with Gasteiger partial charge < -0.3 is 15.2 Å². The van der Waals surface area contributed by atoms with Gasteiger partial charge >= 0.3 is 6.01 Å². The number of hydrogen-bond donors (Lipinski definition) is 2. The van der Waals surface area contributed by atoms with Crippen LogP contribution in [0.1, 0.15) is 11.4 Å². The van der Waals surface area contributed by atoms with Crippen LogP contribution in [0.4, 0.5) is 0 Å². The fraction of sp³-hybridized carbons (Fsp3) is 0.154. The van der Waals surface area contributed by atoms with E-state index in [1.807, 2.05) is 12.1 Å². The molecule has 2 aromatic rings. The van der Waals surface area contributed by atoms with Crippen molar-refractivity contribution in [1.82, 2.24) is 9.97 Å². The van der Waals surface area contributed by atoms with E-state index in [9.17, 15) is 0 Å². The van der Waals surface area contributed by atoms with Gasteiger partial charge in [0.2, 0.25) is 0 Å². The number of benzene rings is 1. The predicted molar refractivity (Wildman–Crippen MR) is 70.9 cm³/mol. The molecule has 0 bridgehead atoms. The first-order valence-electron chi connectivity index (χ1n) is 5.61. The summed E-state index contributed by atoms with van der Waals surface area (Å²) >= 11 is 0. The van der Waals surface area contributed by atoms with E-state index >= 15 is 0 Å². The molecular weight excluding hydrogens is 244 g/mol. The van der Waals surface area contributed by atoms with Gasteiger partial charge in [0.1, 0.15) is 11.5 Å². The van der Waals surface area contributed by atoms with Gasteiger partial charge in [-0.05, 0) is 25.1 Å². The van der Waals surface area contributed by atoms with Gasteiger partial charge in [-0.1, -0.05) is 12.1 Å². The third kappa shape index (κ3) is 2.98. The molecule has 0 saturated carbocycles. The monoisotopic (exact) mass is 258 g/mol. The second-order valence-corrected chi connectivity index (χ2v) is 3.84. The number of nitrogens with two attached hydrogens (primary N) is 1. The van der Waals surface area contributed by atoms with Gasteiger partial charge in [-0.25, -0.2) is 4.98 Å². The highest BCUT2D eigenvalue weighted by atomic mass is 16.5. The standard InChI is InChI=1S/C13H14N4O2/c1-8-7-9(12(14)15)17-13(16-8)19-11-6-4-3-5-10(11)18-2/h3-7H,1-2H3,(H3,14,15). The van der Waals surface area contributed by atoms with Crippen LogP contribution in [-0.4, -0.2) is 22.9 Å². The molecule has 98 valence electrons. The summed E-state index contributed by atoms with van der Waals surface area (Å²) in [4.78, 5) is 8.21. The molecule has 0 aliphatic heterocycles. The molecule has 0 radical (unpaired) electrons. The van der Waals surface area contributed by atoms with Crippen LogP contribution in [0.2, 0.25) is 0 Å². The topological polar surface area (TPSA) is 94.1 Å². The van der Waals surface area contributed by atoms with E-state index in [1.165, 1.54) is 0 Å². The smallest absolute Gasteiger partial charge is 0.322 e. The minimum Gasteiger partial charge on any atom is -0.493 e. The van der Waals surface area contributed by atoms with Gasteiger partial charge in [0.25, 0.3) is 0 Å². The van der Waals surface area contributed by atoms with E-state index in [1.54, 1.807) is 32.2 Å². The van der Waals surface area contributed by atoms with Gasteiger partial charge in [-0.15, -0.1) is 0 Å². The minimum absolute atomic E-state index is 0.129. The molecule has 0 atom stereocenters. The SMILES string of the molecule is COc1ccccc1Oc1nc(C)cc(C(=N)N)n1. The summed E-state index contributed by atoms with van der Waals surface area (Å²) in [5.41, 5.74) is 6.42. The third-order valence-corrected chi connectivity index (χ3v) is 2.38. The number of rotatable bonds is 4. The number of aryl methyl sites for hydroxylation is 1. The molecule has 1 aromatic heterocycles. The molecule has 0 unspecified atom stereocenters. The lowest BCUT2D eigenvalue weighted by atomic mass is 10.3. The molecule has 3 N–H and O–H groups in total. The maximum Gasteiger partial charge on any atom is 0.322 e. The van der Waals surface area contributed by atoms with E-state index in [0.717, 1.165) is 0 Å². The molecule has 19 heavy (non-hydrogen) atoms. The molecule has 1 heterocycles. The molecule has 0 aliphatic rings. The highest BCUT2D eigenvalue weighted by Crippen LogP contribution is 2.29. The Morgan fingerprint density at radius 3 is 2.53 bits per heavy atom. The summed E-state index contributed by atoms with van der Waals surface area (Å²) < 4.78 is 10.8. The normalized spacial score (nSPS) is 10.0. The van der Waals surface area contributed by atoms with Crippen LogP contribution < -0.4 is 15.2 Å². The number of amidine groups is 1. The third-order valence-electron chi connectivity index (χ3n) is 2.38. The molecule has 0 spiro atoms. The quantitative estimate of drug-likeness (QED) is 0.645. The summed E-state index contributed by atoms with van der Waals surface area (Å²) in [7, 11) is 1.56. The number of nitrogens with zero attached hydrogens (tertiary/aromatic N) is 2. The van der Waals surface area contributed by atoms with E-state index < -0.39 is 0 Å². The van der Waals surface area contributed by atoms with Crippen LogP contribution in [-0.2, 0) is 0 Å². The summed E-state index contributed by atoms with van der Waals surface area (Å²) in [5, 5.41) is 7.39. The van der Waals surface area contributed by atoms with Gasteiger partial charge in [-0.2, -0.15) is 4.98 Å². The van der Waals surface area contributed by atoms with E-state index in [-0.39, 0.29) is 11.8 Å². The highest BCUT2D eigenvalue weighted by Gasteiger charge is 2.09. The Hall–Kier alpha value is -2.63. The number of para-hydroxylation sites is 2. The van der Waals surface area contributed by atoms with Crippen LogP contribution in [0.3, 0.4) is 0 Å². The van der Waals surface area contributed by atoms with Crippen molar-refractivity contribution >= 4 is 5.84 Å². The number of aromatic nitrogens is 2. The van der Waals surface area contributed by atoms with Crippen LogP contribution in [0.5, 0.6) is 17.5 Å². The first-order chi connectivity index (χ1) is 9.10. The zero-order valence-electron chi connectivity index (χ0n) is 10.7. The first kappa shape index (κ1) is 12.8. The maximum atomic E-state index is 7.39. The van der Waals surface area contributed by atoms with Gasteiger partial charge in [0.15, 0.2) is 11.5 Å². The van der Waals surface area contributed by atoms with Gasteiger partial charge in [0, 0.05) is 5.69 Å². The fourth-order valence-corrected chi connectivity index (χ4v) is 1.53. The molecular formula is C13H14N4O2. The molecule has 6 nitrogen and oxygen atoms in total. The van der Waals surface area contributed by atoms with E-state index in [2.05, 4.69) is 9.97 Å². The van der Waals surface area contributed by atoms with Crippen molar-refractivity contribution in [2.75, 3.05) is 7.11 Å². The second kappa shape index (κ2) is 5.34. The summed E-state index contributed by atoms with van der Waals surface area (Å²) in [5.74, 6) is 0.956. The molecule has 1 aromatic carbocycles. The molecule has 0 fully saturated rings. The molecule has 0 saturated heterocycles. The van der Waals surface area contributed by atoms with E-state index in [0.29, 0.717) is 22.9 Å². The zero-order chi connectivity index (χ0) is 13.8. The van der Waals surface area contributed by atoms with Crippen LogP contribution >= 0.6 is 0 Å². The molecule has 0 amide bonds. The number of hydrogen-bond acceptors (Lipinski definition) is 5. The Morgan fingerprint density at radius 2 is 1.89 bits per heavy atom. The lowest BCUT2D eigenvalue weighted by molar-refractivity contribution is 0.367. The average molecular weight is 258 g/mol. The lowest BCUT2D eigenvalue weighted by Gasteiger charge is -2.09. The average Bonchev–Trinajstić information content (AvgIpc) is 2.38.